The highest BCUT2D eigenvalue weighted by Crippen LogP contribution is 2.41. The molecule has 20 heavy (non-hydrogen) atoms. The highest BCUT2D eigenvalue weighted by Gasteiger charge is 2.19. The SMILES string of the molecule is C[B]c1ccc2c(c1)Cc1cccc3c(Br)ccc-2c13. The molecular formula is C18H13BBr. The Morgan fingerprint density at radius 3 is 2.65 bits per heavy atom. The van der Waals surface area contributed by atoms with Crippen molar-refractivity contribution in [1.29, 1.82) is 0 Å². The van der Waals surface area contributed by atoms with Crippen molar-refractivity contribution in [2.75, 3.05) is 0 Å². The fourth-order valence-electron chi connectivity index (χ4n) is 3.23. The Morgan fingerprint density at radius 2 is 1.80 bits per heavy atom. The second-order valence-electron chi connectivity index (χ2n) is 5.32. The van der Waals surface area contributed by atoms with Gasteiger partial charge >= 0.3 is 0 Å². The van der Waals surface area contributed by atoms with E-state index in [0.29, 0.717) is 0 Å². The zero-order chi connectivity index (χ0) is 13.7. The van der Waals surface area contributed by atoms with Crippen LogP contribution in [0.3, 0.4) is 0 Å². The van der Waals surface area contributed by atoms with E-state index >= 15 is 0 Å². The van der Waals surface area contributed by atoms with Crippen LogP contribution in [0.5, 0.6) is 0 Å². The van der Waals surface area contributed by atoms with Gasteiger partial charge in [0.2, 0.25) is 0 Å². The molecule has 2 heteroatoms. The number of fused-ring (bicyclic) bond motifs is 2. The first kappa shape index (κ1) is 12.2. The number of rotatable bonds is 1. The van der Waals surface area contributed by atoms with Crippen molar-refractivity contribution in [3.05, 3.63) is 64.1 Å². The molecule has 0 aromatic heterocycles. The number of hydrogen-bond acceptors (Lipinski definition) is 0. The molecule has 0 saturated heterocycles. The standard InChI is InChI=1S/C18H13BBr/c1-19-13-5-6-14-12(10-13)9-11-3-2-4-16-17(20)8-7-15(14)18(11)16/h2-8,10H,9H2,1H3. The molecule has 3 aromatic carbocycles. The fraction of sp³-hybridized carbons (Fsp3) is 0.111. The van der Waals surface area contributed by atoms with Gasteiger partial charge in [0, 0.05) is 4.47 Å². The molecule has 0 fully saturated rings. The first-order valence-corrected chi connectivity index (χ1v) is 7.70. The van der Waals surface area contributed by atoms with Crippen LogP contribution < -0.4 is 5.46 Å². The third kappa shape index (κ3) is 1.68. The van der Waals surface area contributed by atoms with Crippen molar-refractivity contribution >= 4 is 39.4 Å². The molecule has 95 valence electrons. The van der Waals surface area contributed by atoms with E-state index in [2.05, 4.69) is 78.6 Å². The summed E-state index contributed by atoms with van der Waals surface area (Å²) in [6, 6.07) is 17.8. The lowest BCUT2D eigenvalue weighted by atomic mass is 9.71. The lowest BCUT2D eigenvalue weighted by Gasteiger charge is -2.22. The lowest BCUT2D eigenvalue weighted by molar-refractivity contribution is 1.20. The molecule has 1 aliphatic carbocycles. The van der Waals surface area contributed by atoms with Crippen LogP contribution in [0, 0.1) is 0 Å². The number of halogens is 1. The highest BCUT2D eigenvalue weighted by molar-refractivity contribution is 9.10. The van der Waals surface area contributed by atoms with Crippen molar-refractivity contribution in [2.45, 2.75) is 13.2 Å². The van der Waals surface area contributed by atoms with Crippen LogP contribution in [0.1, 0.15) is 11.1 Å². The van der Waals surface area contributed by atoms with E-state index in [4.69, 9.17) is 0 Å². The van der Waals surface area contributed by atoms with E-state index < -0.39 is 0 Å². The van der Waals surface area contributed by atoms with Gasteiger partial charge in [-0.2, -0.15) is 0 Å². The molecule has 0 atom stereocenters. The van der Waals surface area contributed by atoms with Gasteiger partial charge in [-0.25, -0.2) is 0 Å². The maximum Gasteiger partial charge on any atom is 0.148 e. The van der Waals surface area contributed by atoms with E-state index in [-0.39, 0.29) is 0 Å². The van der Waals surface area contributed by atoms with Crippen molar-refractivity contribution < 1.29 is 0 Å². The Kier molecular flexibility index (Phi) is 2.75. The van der Waals surface area contributed by atoms with Crippen LogP contribution in [0.25, 0.3) is 21.9 Å². The maximum absolute atomic E-state index is 3.68. The molecular weight excluding hydrogens is 307 g/mol. The molecule has 3 aromatic rings. The summed E-state index contributed by atoms with van der Waals surface area (Å²) in [5.74, 6) is 0. The monoisotopic (exact) mass is 319 g/mol. The van der Waals surface area contributed by atoms with Gasteiger partial charge < -0.3 is 0 Å². The molecule has 4 rings (SSSR count). The minimum Gasteiger partial charge on any atom is -0.0878 e. The zero-order valence-corrected chi connectivity index (χ0v) is 12.9. The molecule has 0 unspecified atom stereocenters. The smallest absolute Gasteiger partial charge is 0.0878 e. The van der Waals surface area contributed by atoms with Crippen LogP contribution in [-0.4, -0.2) is 7.28 Å². The highest BCUT2D eigenvalue weighted by atomic mass is 79.9. The molecule has 0 amide bonds. The van der Waals surface area contributed by atoms with Gasteiger partial charge in [-0.05, 0) is 45.5 Å². The van der Waals surface area contributed by atoms with E-state index in [0.717, 1.165) is 6.42 Å². The maximum atomic E-state index is 3.68. The van der Waals surface area contributed by atoms with Gasteiger partial charge in [0.05, 0.1) is 0 Å². The molecule has 1 radical (unpaired) electrons. The van der Waals surface area contributed by atoms with Crippen molar-refractivity contribution in [2.24, 2.45) is 0 Å². The minimum absolute atomic E-state index is 1.03. The average Bonchev–Trinajstić information content (AvgIpc) is 2.49. The summed E-state index contributed by atoms with van der Waals surface area (Å²) in [5, 5.41) is 2.72. The third-order valence-corrected chi connectivity index (χ3v) is 4.90. The van der Waals surface area contributed by atoms with Gasteiger partial charge in [-0.1, -0.05) is 70.7 Å². The minimum atomic E-state index is 1.03. The summed E-state index contributed by atoms with van der Waals surface area (Å²) < 4.78 is 1.18. The van der Waals surface area contributed by atoms with E-state index in [1.165, 1.54) is 43.0 Å². The Balaban J connectivity index is 2.10. The summed E-state index contributed by atoms with van der Waals surface area (Å²) in [7, 11) is 2.16. The molecule has 0 heterocycles. The molecule has 0 spiro atoms. The zero-order valence-electron chi connectivity index (χ0n) is 11.3. The van der Waals surface area contributed by atoms with E-state index in [1.807, 2.05) is 0 Å². The van der Waals surface area contributed by atoms with Gasteiger partial charge in [-0.15, -0.1) is 0 Å². The normalized spacial score (nSPS) is 12.3. The van der Waals surface area contributed by atoms with Crippen LogP contribution >= 0.6 is 15.9 Å². The first-order chi connectivity index (χ1) is 9.78. The van der Waals surface area contributed by atoms with Crippen LogP contribution in [0.2, 0.25) is 6.82 Å². The summed E-state index contributed by atoms with van der Waals surface area (Å²) >= 11 is 3.68. The number of hydrogen-bond donors (Lipinski definition) is 0. The lowest BCUT2D eigenvalue weighted by Crippen LogP contribution is -2.13. The Labute approximate surface area is 128 Å². The Bertz CT molecular complexity index is 836. The first-order valence-electron chi connectivity index (χ1n) is 6.90. The van der Waals surface area contributed by atoms with Gasteiger partial charge in [0.1, 0.15) is 7.28 Å². The number of benzene rings is 3. The molecule has 1 aliphatic rings. The van der Waals surface area contributed by atoms with Crippen molar-refractivity contribution in [3.8, 4) is 11.1 Å². The summed E-state index contributed by atoms with van der Waals surface area (Å²) in [6.45, 7) is 2.09. The van der Waals surface area contributed by atoms with Crippen molar-refractivity contribution in [1.82, 2.24) is 0 Å². The van der Waals surface area contributed by atoms with E-state index in [1.54, 1.807) is 0 Å². The Morgan fingerprint density at radius 1 is 0.950 bits per heavy atom. The predicted molar refractivity (Wildman–Crippen MR) is 91.1 cm³/mol. The second kappa shape index (κ2) is 4.49. The summed E-state index contributed by atoms with van der Waals surface area (Å²) in [6.07, 6.45) is 1.03. The van der Waals surface area contributed by atoms with Crippen molar-refractivity contribution in [3.63, 3.8) is 0 Å². The third-order valence-electron chi connectivity index (χ3n) is 4.21. The molecule has 0 nitrogen and oxygen atoms in total. The second-order valence-corrected chi connectivity index (χ2v) is 6.17. The van der Waals surface area contributed by atoms with Gasteiger partial charge in [0.25, 0.3) is 0 Å². The largest absolute Gasteiger partial charge is 0.148 e. The molecule has 0 aliphatic heterocycles. The van der Waals surface area contributed by atoms with Gasteiger partial charge in [0.15, 0.2) is 0 Å². The molecule has 0 saturated carbocycles. The van der Waals surface area contributed by atoms with Crippen LogP contribution in [-0.2, 0) is 6.42 Å². The fourth-order valence-corrected chi connectivity index (χ4v) is 3.69. The van der Waals surface area contributed by atoms with E-state index in [9.17, 15) is 0 Å². The van der Waals surface area contributed by atoms with Gasteiger partial charge in [-0.3, -0.25) is 0 Å². The molecule has 0 N–H and O–H groups in total. The summed E-state index contributed by atoms with van der Waals surface area (Å²) in [4.78, 5) is 0. The quantitative estimate of drug-likeness (QED) is 0.451. The topological polar surface area (TPSA) is 0 Å². The molecule has 0 bridgehead atoms. The predicted octanol–water partition coefficient (Wildman–Crippen LogP) is 4.55. The Hall–Kier alpha value is -1.54. The van der Waals surface area contributed by atoms with Crippen LogP contribution in [0.15, 0.2) is 53.0 Å². The summed E-state index contributed by atoms with van der Waals surface area (Å²) in [5.41, 5.74) is 6.91. The average molecular weight is 320 g/mol. The van der Waals surface area contributed by atoms with Crippen LogP contribution in [0.4, 0.5) is 0 Å².